The van der Waals surface area contributed by atoms with Crippen LogP contribution >= 0.6 is 0 Å². The molecule has 0 aromatic carbocycles. The molecule has 0 aromatic rings. The van der Waals surface area contributed by atoms with Gasteiger partial charge in [-0.25, -0.2) is 0 Å². The molecule has 0 amide bonds. The predicted molar refractivity (Wildman–Crippen MR) is 62.3 cm³/mol. The van der Waals surface area contributed by atoms with Crippen LogP contribution in [0, 0.1) is 5.92 Å². The van der Waals surface area contributed by atoms with E-state index in [1.165, 1.54) is 0 Å². The Labute approximate surface area is 97.9 Å². The van der Waals surface area contributed by atoms with E-state index in [1.54, 1.807) is 7.11 Å². The predicted octanol–water partition coefficient (Wildman–Crippen LogP) is 1.30. The zero-order chi connectivity index (χ0) is 12.0. The highest BCUT2D eigenvalue weighted by atomic mass is 16.5. The van der Waals surface area contributed by atoms with Gasteiger partial charge in [0.15, 0.2) is 0 Å². The van der Waals surface area contributed by atoms with Crippen molar-refractivity contribution in [2.75, 3.05) is 33.4 Å². The first kappa shape index (κ1) is 13.5. The van der Waals surface area contributed by atoms with Gasteiger partial charge in [-0.1, -0.05) is 6.92 Å². The van der Waals surface area contributed by atoms with Gasteiger partial charge in [0.1, 0.15) is 0 Å². The third-order valence-electron chi connectivity index (χ3n) is 3.02. The summed E-state index contributed by atoms with van der Waals surface area (Å²) in [5.41, 5.74) is 0. The SMILES string of the molecule is CCOC(=O)C(C)CN1CCCC(OC)C1. The number of ether oxygens (including phenoxy) is 2. The molecule has 1 rings (SSSR count). The molecule has 1 heterocycles. The highest BCUT2D eigenvalue weighted by molar-refractivity contribution is 5.72. The third kappa shape index (κ3) is 4.10. The van der Waals surface area contributed by atoms with Crippen molar-refractivity contribution in [1.29, 1.82) is 0 Å². The van der Waals surface area contributed by atoms with E-state index in [-0.39, 0.29) is 11.9 Å². The molecular formula is C12H23NO3. The topological polar surface area (TPSA) is 38.8 Å². The van der Waals surface area contributed by atoms with Crippen molar-refractivity contribution >= 4 is 5.97 Å². The second-order valence-electron chi connectivity index (χ2n) is 4.41. The molecule has 0 aliphatic carbocycles. The van der Waals surface area contributed by atoms with Crippen LogP contribution in [-0.2, 0) is 14.3 Å². The van der Waals surface area contributed by atoms with Crippen molar-refractivity contribution < 1.29 is 14.3 Å². The fourth-order valence-corrected chi connectivity index (χ4v) is 2.12. The van der Waals surface area contributed by atoms with Crippen molar-refractivity contribution in [3.05, 3.63) is 0 Å². The minimum atomic E-state index is -0.0953. The van der Waals surface area contributed by atoms with E-state index in [0.29, 0.717) is 12.7 Å². The highest BCUT2D eigenvalue weighted by Crippen LogP contribution is 2.14. The second kappa shape index (κ2) is 6.86. The molecule has 0 aromatic heterocycles. The first-order chi connectivity index (χ1) is 7.67. The van der Waals surface area contributed by atoms with Gasteiger partial charge in [0.05, 0.1) is 18.6 Å². The van der Waals surface area contributed by atoms with Gasteiger partial charge in [-0.05, 0) is 26.3 Å². The molecule has 94 valence electrons. The fourth-order valence-electron chi connectivity index (χ4n) is 2.12. The average molecular weight is 229 g/mol. The van der Waals surface area contributed by atoms with E-state index in [9.17, 15) is 4.79 Å². The van der Waals surface area contributed by atoms with Gasteiger partial charge in [0, 0.05) is 20.2 Å². The van der Waals surface area contributed by atoms with Crippen molar-refractivity contribution in [2.45, 2.75) is 32.8 Å². The number of piperidine rings is 1. The van der Waals surface area contributed by atoms with Crippen LogP contribution in [0.2, 0.25) is 0 Å². The number of rotatable bonds is 5. The summed E-state index contributed by atoms with van der Waals surface area (Å²) in [4.78, 5) is 13.8. The van der Waals surface area contributed by atoms with Crippen LogP contribution in [0.4, 0.5) is 0 Å². The molecule has 1 saturated heterocycles. The average Bonchev–Trinajstić information content (AvgIpc) is 2.29. The summed E-state index contributed by atoms with van der Waals surface area (Å²) in [5.74, 6) is -0.141. The van der Waals surface area contributed by atoms with E-state index in [1.807, 2.05) is 13.8 Å². The molecule has 2 atom stereocenters. The number of hydrogen-bond acceptors (Lipinski definition) is 4. The van der Waals surface area contributed by atoms with Crippen LogP contribution in [0.15, 0.2) is 0 Å². The monoisotopic (exact) mass is 229 g/mol. The van der Waals surface area contributed by atoms with Crippen molar-refractivity contribution in [2.24, 2.45) is 5.92 Å². The van der Waals surface area contributed by atoms with Crippen molar-refractivity contribution in [3.63, 3.8) is 0 Å². The largest absolute Gasteiger partial charge is 0.466 e. The van der Waals surface area contributed by atoms with E-state index in [2.05, 4.69) is 4.90 Å². The van der Waals surface area contributed by atoms with Gasteiger partial charge in [0.25, 0.3) is 0 Å². The lowest BCUT2D eigenvalue weighted by Gasteiger charge is -2.33. The number of likely N-dealkylation sites (tertiary alicyclic amines) is 1. The van der Waals surface area contributed by atoms with Crippen LogP contribution in [0.3, 0.4) is 0 Å². The van der Waals surface area contributed by atoms with E-state index in [0.717, 1.165) is 32.5 Å². The summed E-state index contributed by atoms with van der Waals surface area (Å²) in [5, 5.41) is 0. The van der Waals surface area contributed by atoms with Crippen LogP contribution in [0.25, 0.3) is 0 Å². The standard InChI is InChI=1S/C12H23NO3/c1-4-16-12(14)10(2)8-13-7-5-6-11(9-13)15-3/h10-11H,4-9H2,1-3H3. The maximum atomic E-state index is 11.5. The zero-order valence-corrected chi connectivity index (χ0v) is 10.6. The number of carbonyl (C=O) groups excluding carboxylic acids is 1. The van der Waals surface area contributed by atoms with Gasteiger partial charge in [-0.15, -0.1) is 0 Å². The Balaban J connectivity index is 2.32. The normalized spacial score (nSPS) is 24.1. The quantitative estimate of drug-likeness (QED) is 0.666. The van der Waals surface area contributed by atoms with Gasteiger partial charge in [0.2, 0.25) is 0 Å². The van der Waals surface area contributed by atoms with E-state index >= 15 is 0 Å². The molecule has 0 saturated carbocycles. The molecule has 1 aliphatic heterocycles. The smallest absolute Gasteiger partial charge is 0.309 e. The first-order valence-electron chi connectivity index (χ1n) is 6.09. The van der Waals surface area contributed by atoms with Crippen LogP contribution < -0.4 is 0 Å². The Kier molecular flexibility index (Phi) is 5.77. The van der Waals surface area contributed by atoms with Crippen LogP contribution in [0.1, 0.15) is 26.7 Å². The zero-order valence-electron chi connectivity index (χ0n) is 10.6. The molecule has 4 nitrogen and oxygen atoms in total. The number of hydrogen-bond donors (Lipinski definition) is 0. The third-order valence-corrected chi connectivity index (χ3v) is 3.02. The second-order valence-corrected chi connectivity index (χ2v) is 4.41. The Bertz CT molecular complexity index is 220. The Morgan fingerprint density at radius 1 is 1.56 bits per heavy atom. The molecular weight excluding hydrogens is 206 g/mol. The van der Waals surface area contributed by atoms with Gasteiger partial charge >= 0.3 is 5.97 Å². The number of esters is 1. The van der Waals surface area contributed by atoms with Crippen molar-refractivity contribution in [1.82, 2.24) is 4.90 Å². The lowest BCUT2D eigenvalue weighted by molar-refractivity contribution is -0.148. The molecule has 2 unspecified atom stereocenters. The molecule has 16 heavy (non-hydrogen) atoms. The van der Waals surface area contributed by atoms with Crippen molar-refractivity contribution in [3.8, 4) is 0 Å². The lowest BCUT2D eigenvalue weighted by Crippen LogP contribution is -2.42. The van der Waals surface area contributed by atoms with E-state index in [4.69, 9.17) is 9.47 Å². The van der Waals surface area contributed by atoms with Crippen LogP contribution in [-0.4, -0.2) is 50.3 Å². The minimum Gasteiger partial charge on any atom is -0.466 e. The Morgan fingerprint density at radius 3 is 2.94 bits per heavy atom. The van der Waals surface area contributed by atoms with Gasteiger partial charge in [-0.3, -0.25) is 9.69 Å². The Hall–Kier alpha value is -0.610. The summed E-state index contributed by atoms with van der Waals surface area (Å²) in [7, 11) is 1.75. The van der Waals surface area contributed by atoms with Gasteiger partial charge < -0.3 is 9.47 Å². The molecule has 0 radical (unpaired) electrons. The minimum absolute atomic E-state index is 0.0458. The Morgan fingerprint density at radius 2 is 2.31 bits per heavy atom. The highest BCUT2D eigenvalue weighted by Gasteiger charge is 2.23. The fraction of sp³-hybridized carbons (Fsp3) is 0.917. The van der Waals surface area contributed by atoms with E-state index < -0.39 is 0 Å². The number of nitrogens with zero attached hydrogens (tertiary/aromatic N) is 1. The summed E-state index contributed by atoms with van der Waals surface area (Å²) in [6, 6.07) is 0. The van der Waals surface area contributed by atoms with Crippen LogP contribution in [0.5, 0.6) is 0 Å². The molecule has 4 heteroatoms. The molecule has 0 N–H and O–H groups in total. The first-order valence-corrected chi connectivity index (χ1v) is 6.09. The lowest BCUT2D eigenvalue weighted by atomic mass is 10.1. The maximum Gasteiger partial charge on any atom is 0.309 e. The number of methoxy groups -OCH3 is 1. The maximum absolute atomic E-state index is 11.5. The molecule has 1 fully saturated rings. The molecule has 0 bridgehead atoms. The molecule has 0 spiro atoms. The summed E-state index contributed by atoms with van der Waals surface area (Å²) < 4.78 is 10.4. The summed E-state index contributed by atoms with van der Waals surface area (Å²) >= 11 is 0. The summed E-state index contributed by atoms with van der Waals surface area (Å²) in [6.07, 6.45) is 2.60. The summed E-state index contributed by atoms with van der Waals surface area (Å²) in [6.45, 7) is 6.99. The van der Waals surface area contributed by atoms with Gasteiger partial charge in [-0.2, -0.15) is 0 Å². The number of carbonyl (C=O) groups is 1. The molecule has 1 aliphatic rings.